The molecule has 3 N–H and O–H groups in total. The van der Waals surface area contributed by atoms with Crippen molar-refractivity contribution in [1.29, 1.82) is 0 Å². The molecule has 3 heterocycles. The zero-order chi connectivity index (χ0) is 18.3. The summed E-state index contributed by atoms with van der Waals surface area (Å²) < 4.78 is 41.6. The van der Waals surface area contributed by atoms with Crippen LogP contribution in [0.3, 0.4) is 0 Å². The highest BCUT2D eigenvalue weighted by molar-refractivity contribution is 7.80. The summed E-state index contributed by atoms with van der Waals surface area (Å²) >= 11 is 0. The Morgan fingerprint density at radius 3 is 2.58 bits per heavy atom. The molecule has 12 heteroatoms. The fourth-order valence-electron chi connectivity index (χ4n) is 4.45. The third kappa shape index (κ3) is 2.43. The number of nitrogens with two attached hydrogens (primary N) is 1. The van der Waals surface area contributed by atoms with Gasteiger partial charge in [-0.1, -0.05) is 0 Å². The second-order valence-corrected chi connectivity index (χ2v) is 8.77. The van der Waals surface area contributed by atoms with Crippen LogP contribution in [0.25, 0.3) is 0 Å². The van der Waals surface area contributed by atoms with Gasteiger partial charge in [0, 0.05) is 18.5 Å². The average molecular weight is 385 g/mol. The third-order valence-corrected chi connectivity index (χ3v) is 6.45. The normalized spacial score (nSPS) is 35.1. The van der Waals surface area contributed by atoms with E-state index in [4.69, 9.17) is 14.7 Å². The van der Waals surface area contributed by atoms with Crippen LogP contribution in [0.4, 0.5) is 4.79 Å². The summed E-state index contributed by atoms with van der Waals surface area (Å²) in [4.78, 5) is 14.1. The van der Waals surface area contributed by atoms with Crippen molar-refractivity contribution in [3.63, 3.8) is 0 Å². The van der Waals surface area contributed by atoms with Gasteiger partial charge in [0.05, 0.1) is 6.04 Å². The lowest BCUT2D eigenvalue weighted by molar-refractivity contribution is -0.0530. The maximum absolute atomic E-state index is 12.7. The fraction of sp³-hybridized carbons (Fsp3) is 0.786. The number of piperidine rings is 1. The van der Waals surface area contributed by atoms with Gasteiger partial charge < -0.3 is 15.1 Å². The zero-order valence-electron chi connectivity index (χ0n) is 13.8. The first-order chi connectivity index (χ1) is 12.3. The van der Waals surface area contributed by atoms with Crippen LogP contribution in [0.15, 0.2) is 4.42 Å². The number of carbonyl (C=O) groups is 1. The first kappa shape index (κ1) is 16.4. The van der Waals surface area contributed by atoms with E-state index in [1.54, 1.807) is 0 Å². The van der Waals surface area contributed by atoms with Gasteiger partial charge in [0.15, 0.2) is 0 Å². The number of nitrogens with zero attached hydrogens (tertiary/aromatic N) is 4. The number of fused-ring (bicyclic) bond motifs is 3. The highest BCUT2D eigenvalue weighted by atomic mass is 32.3. The van der Waals surface area contributed by atoms with Gasteiger partial charge in [0.2, 0.25) is 11.8 Å². The van der Waals surface area contributed by atoms with E-state index in [2.05, 4.69) is 14.5 Å². The lowest BCUT2D eigenvalue weighted by Gasteiger charge is -2.34. The van der Waals surface area contributed by atoms with Crippen molar-refractivity contribution >= 4 is 16.4 Å². The van der Waals surface area contributed by atoms with Crippen LogP contribution in [0.2, 0.25) is 0 Å². The molecule has 0 radical (unpaired) electrons. The molecule has 11 nitrogen and oxygen atoms in total. The largest absolute Gasteiger partial charge is 0.423 e. The van der Waals surface area contributed by atoms with E-state index in [0.717, 1.165) is 30.7 Å². The molecule has 2 atom stereocenters. The Bertz CT molecular complexity index is 861. The number of amides is 2. The number of hydroxylamine groups is 2. The van der Waals surface area contributed by atoms with Crippen molar-refractivity contribution in [2.75, 3.05) is 6.54 Å². The van der Waals surface area contributed by atoms with Crippen LogP contribution >= 0.6 is 0 Å². The van der Waals surface area contributed by atoms with Gasteiger partial charge in [-0.15, -0.1) is 14.5 Å². The summed E-state index contributed by atoms with van der Waals surface area (Å²) in [6.45, 7) is 0.297. The molecule has 142 valence electrons. The van der Waals surface area contributed by atoms with Gasteiger partial charge >= 0.3 is 16.4 Å². The smallest absolute Gasteiger partial charge is 0.418 e. The number of urea groups is 1. The van der Waals surface area contributed by atoms with E-state index in [1.807, 2.05) is 0 Å². The van der Waals surface area contributed by atoms with Gasteiger partial charge in [-0.3, -0.25) is 4.55 Å². The SMILES string of the molecule is NC1CC(c2nnc(C3CC4(CC4)[C@H]4CN3C(=O)N4OS(=O)(=O)O)o2)C1. The fourth-order valence-corrected chi connectivity index (χ4v) is 4.82. The first-order valence-electron chi connectivity index (χ1n) is 8.61. The molecule has 2 bridgehead atoms. The van der Waals surface area contributed by atoms with E-state index < -0.39 is 28.5 Å². The predicted molar refractivity (Wildman–Crippen MR) is 83.6 cm³/mol. The molecule has 0 aromatic carbocycles. The van der Waals surface area contributed by atoms with Crippen molar-refractivity contribution in [2.45, 2.75) is 56.1 Å². The molecule has 26 heavy (non-hydrogen) atoms. The highest BCUT2D eigenvalue weighted by Crippen LogP contribution is 2.61. The molecule has 2 amide bonds. The minimum Gasteiger partial charge on any atom is -0.423 e. The predicted octanol–water partition coefficient (Wildman–Crippen LogP) is 0.340. The lowest BCUT2D eigenvalue weighted by Crippen LogP contribution is -2.43. The molecule has 4 aliphatic rings. The Morgan fingerprint density at radius 1 is 1.27 bits per heavy atom. The maximum Gasteiger partial charge on any atom is 0.418 e. The number of aromatic nitrogens is 2. The first-order valence-corrected chi connectivity index (χ1v) is 9.98. The van der Waals surface area contributed by atoms with E-state index in [-0.39, 0.29) is 17.4 Å². The molecule has 2 aliphatic heterocycles. The standard InChI is InChI=1S/C14H19N5O6S/c15-8-3-7(4-8)11-16-17-12(24-11)9-5-14(1-2-14)10-6-18(9)13(20)19(10)25-26(21,22)23/h7-10H,1-6,15H2,(H,21,22,23)/t7?,8?,9?,10-/m1/s1. The molecule has 1 unspecified atom stereocenters. The average Bonchev–Trinajstić information content (AvgIpc) is 3.02. The maximum atomic E-state index is 12.7. The van der Waals surface area contributed by atoms with Gasteiger partial charge in [0.25, 0.3) is 0 Å². The topological polar surface area (TPSA) is 152 Å². The van der Waals surface area contributed by atoms with E-state index in [9.17, 15) is 13.2 Å². The van der Waals surface area contributed by atoms with E-state index in [1.165, 1.54) is 4.90 Å². The Kier molecular flexibility index (Phi) is 3.25. The van der Waals surface area contributed by atoms with Crippen molar-refractivity contribution in [1.82, 2.24) is 20.2 Å². The Hall–Kier alpha value is -1.76. The highest BCUT2D eigenvalue weighted by Gasteiger charge is 2.65. The van der Waals surface area contributed by atoms with Crippen LogP contribution in [-0.4, -0.2) is 57.8 Å². The molecule has 5 rings (SSSR count). The Morgan fingerprint density at radius 2 is 1.96 bits per heavy atom. The second-order valence-electron chi connectivity index (χ2n) is 7.77. The zero-order valence-corrected chi connectivity index (χ0v) is 14.6. The van der Waals surface area contributed by atoms with Crippen LogP contribution < -0.4 is 5.73 Å². The van der Waals surface area contributed by atoms with E-state index >= 15 is 0 Å². The molecule has 2 aliphatic carbocycles. The van der Waals surface area contributed by atoms with Crippen molar-refractivity contribution < 1.29 is 26.5 Å². The number of rotatable bonds is 4. The Balaban J connectivity index is 1.42. The minimum atomic E-state index is -4.78. The Labute approximate surface area is 149 Å². The molecule has 1 aromatic rings. The molecule has 2 saturated heterocycles. The molecule has 1 aromatic heterocycles. The molecular weight excluding hydrogens is 366 g/mol. The van der Waals surface area contributed by atoms with Crippen molar-refractivity contribution in [2.24, 2.45) is 11.1 Å². The number of carbonyl (C=O) groups excluding carboxylic acids is 1. The van der Waals surface area contributed by atoms with Crippen molar-refractivity contribution in [3.05, 3.63) is 11.8 Å². The minimum absolute atomic E-state index is 0.158. The molecule has 1 spiro atoms. The van der Waals surface area contributed by atoms with Crippen molar-refractivity contribution in [3.8, 4) is 0 Å². The number of hydrogen-bond acceptors (Lipinski definition) is 8. The molecule has 4 fully saturated rings. The van der Waals surface area contributed by atoms with Gasteiger partial charge in [0.1, 0.15) is 6.04 Å². The van der Waals surface area contributed by atoms with Crippen LogP contribution in [0.1, 0.15) is 55.8 Å². The number of hydrogen-bond donors (Lipinski definition) is 2. The summed E-state index contributed by atoms with van der Waals surface area (Å²) in [7, 11) is -4.78. The summed E-state index contributed by atoms with van der Waals surface area (Å²) in [5.74, 6) is 1.05. The summed E-state index contributed by atoms with van der Waals surface area (Å²) in [6, 6.07) is -1.30. The quantitative estimate of drug-likeness (QED) is 0.699. The van der Waals surface area contributed by atoms with Crippen LogP contribution in [0, 0.1) is 5.41 Å². The van der Waals surface area contributed by atoms with Gasteiger partial charge in [-0.05, 0) is 37.5 Å². The van der Waals surface area contributed by atoms with Gasteiger partial charge in [-0.2, -0.15) is 13.5 Å². The summed E-state index contributed by atoms with van der Waals surface area (Å²) in [5, 5.41) is 9.03. The summed E-state index contributed by atoms with van der Waals surface area (Å²) in [5.41, 5.74) is 5.56. The van der Waals surface area contributed by atoms with Crippen LogP contribution in [-0.2, 0) is 14.7 Å². The molecule has 2 saturated carbocycles. The monoisotopic (exact) mass is 385 g/mol. The molecular formula is C14H19N5O6S. The van der Waals surface area contributed by atoms with Gasteiger partial charge in [-0.25, -0.2) is 4.79 Å². The summed E-state index contributed by atoms with van der Waals surface area (Å²) in [6.07, 6.45) is 3.90. The van der Waals surface area contributed by atoms with Crippen LogP contribution in [0.5, 0.6) is 0 Å². The lowest BCUT2D eigenvalue weighted by atomic mass is 9.81. The second kappa shape index (κ2) is 5.15. The van der Waals surface area contributed by atoms with E-state index in [0.29, 0.717) is 24.7 Å². The third-order valence-electron chi connectivity index (χ3n) is 6.10.